The lowest BCUT2D eigenvalue weighted by Gasteiger charge is -2.35. The molecule has 4 rings (SSSR count). The Balaban J connectivity index is 1.44. The molecule has 0 unspecified atom stereocenters. The summed E-state index contributed by atoms with van der Waals surface area (Å²) < 4.78 is 27.6. The molecule has 148 valence electrons. The summed E-state index contributed by atoms with van der Waals surface area (Å²) in [4.78, 5) is 16.3. The first-order chi connectivity index (χ1) is 13.6. The minimum absolute atomic E-state index is 0.110. The van der Waals surface area contributed by atoms with Crippen molar-refractivity contribution in [2.75, 3.05) is 42.5 Å². The van der Waals surface area contributed by atoms with Crippen molar-refractivity contribution in [3.63, 3.8) is 0 Å². The van der Waals surface area contributed by atoms with Crippen LogP contribution in [0.25, 0.3) is 0 Å². The number of rotatable bonds is 4. The molecule has 2 heterocycles. The summed E-state index contributed by atoms with van der Waals surface area (Å²) in [6.45, 7) is 2.97. The molecular weight excluding hydrogens is 374 g/mol. The fourth-order valence-corrected chi connectivity index (χ4v) is 5.27. The molecule has 2 aromatic carbocycles. The zero-order valence-corrected chi connectivity index (χ0v) is 16.6. The van der Waals surface area contributed by atoms with E-state index in [0.29, 0.717) is 39.1 Å². The fourth-order valence-electron chi connectivity index (χ4n) is 3.85. The van der Waals surface area contributed by atoms with E-state index in [-0.39, 0.29) is 10.8 Å². The van der Waals surface area contributed by atoms with E-state index in [2.05, 4.69) is 4.90 Å². The molecule has 0 N–H and O–H groups in total. The van der Waals surface area contributed by atoms with Gasteiger partial charge in [0.2, 0.25) is 15.9 Å². The van der Waals surface area contributed by atoms with Gasteiger partial charge >= 0.3 is 0 Å². The molecular formula is C21H25N3O3S. The van der Waals surface area contributed by atoms with Gasteiger partial charge in [-0.1, -0.05) is 18.2 Å². The Morgan fingerprint density at radius 1 is 0.714 bits per heavy atom. The van der Waals surface area contributed by atoms with Crippen LogP contribution >= 0.6 is 0 Å². The number of carbonyl (C=O) groups excluding carboxylic acids is 1. The number of amides is 1. The van der Waals surface area contributed by atoms with Crippen molar-refractivity contribution >= 4 is 27.3 Å². The van der Waals surface area contributed by atoms with Gasteiger partial charge in [-0.25, -0.2) is 8.42 Å². The quantitative estimate of drug-likeness (QED) is 0.793. The van der Waals surface area contributed by atoms with Crippen molar-refractivity contribution in [2.24, 2.45) is 0 Å². The predicted octanol–water partition coefficient (Wildman–Crippen LogP) is 2.71. The van der Waals surface area contributed by atoms with Gasteiger partial charge in [0, 0.05) is 50.5 Å². The normalized spacial score (nSPS) is 19.1. The second kappa shape index (κ2) is 7.93. The zero-order chi connectivity index (χ0) is 19.6. The van der Waals surface area contributed by atoms with E-state index in [9.17, 15) is 13.2 Å². The number of sulfonamides is 1. The summed E-state index contributed by atoms with van der Waals surface area (Å²) in [6, 6.07) is 16.8. The Morgan fingerprint density at radius 2 is 1.39 bits per heavy atom. The summed E-state index contributed by atoms with van der Waals surface area (Å²) in [5.41, 5.74) is 1.90. The van der Waals surface area contributed by atoms with Crippen LogP contribution in [0.2, 0.25) is 0 Å². The van der Waals surface area contributed by atoms with E-state index in [4.69, 9.17) is 0 Å². The van der Waals surface area contributed by atoms with Crippen LogP contribution < -0.4 is 9.80 Å². The smallest absolute Gasteiger partial charge is 0.243 e. The SMILES string of the molecule is O=C1CCCCN1c1ccc(S(=O)(=O)N2CCN(c3ccccc3)CC2)cc1. The average molecular weight is 400 g/mol. The maximum atomic E-state index is 13.0. The Bertz CT molecular complexity index is 921. The number of hydrogen-bond acceptors (Lipinski definition) is 4. The van der Waals surface area contributed by atoms with Crippen molar-refractivity contribution in [2.45, 2.75) is 24.2 Å². The largest absolute Gasteiger partial charge is 0.369 e. The van der Waals surface area contributed by atoms with Crippen LogP contribution in [0.5, 0.6) is 0 Å². The molecule has 1 amide bonds. The molecule has 0 aromatic heterocycles. The Morgan fingerprint density at radius 3 is 2.04 bits per heavy atom. The maximum Gasteiger partial charge on any atom is 0.243 e. The van der Waals surface area contributed by atoms with E-state index < -0.39 is 10.0 Å². The highest BCUT2D eigenvalue weighted by Gasteiger charge is 2.29. The second-order valence-corrected chi connectivity index (χ2v) is 9.16. The molecule has 28 heavy (non-hydrogen) atoms. The van der Waals surface area contributed by atoms with Crippen LogP contribution in [0.3, 0.4) is 0 Å². The topological polar surface area (TPSA) is 60.9 Å². The van der Waals surface area contributed by atoms with Gasteiger partial charge in [-0.2, -0.15) is 4.31 Å². The molecule has 2 aliphatic heterocycles. The minimum Gasteiger partial charge on any atom is -0.369 e. The van der Waals surface area contributed by atoms with Gasteiger partial charge in [0.15, 0.2) is 0 Å². The number of nitrogens with zero attached hydrogens (tertiary/aromatic N) is 3. The highest BCUT2D eigenvalue weighted by Crippen LogP contribution is 2.25. The lowest BCUT2D eigenvalue weighted by Crippen LogP contribution is -2.48. The van der Waals surface area contributed by atoms with Crippen LogP contribution in [0.1, 0.15) is 19.3 Å². The highest BCUT2D eigenvalue weighted by atomic mass is 32.2. The summed E-state index contributed by atoms with van der Waals surface area (Å²) in [6.07, 6.45) is 2.47. The number of carbonyl (C=O) groups is 1. The maximum absolute atomic E-state index is 13.0. The zero-order valence-electron chi connectivity index (χ0n) is 15.8. The van der Waals surface area contributed by atoms with E-state index in [1.165, 1.54) is 0 Å². The van der Waals surface area contributed by atoms with Crippen LogP contribution in [0.15, 0.2) is 59.5 Å². The summed E-state index contributed by atoms with van der Waals surface area (Å²) in [5, 5.41) is 0. The molecule has 7 heteroatoms. The van der Waals surface area contributed by atoms with Crippen molar-refractivity contribution < 1.29 is 13.2 Å². The fraction of sp³-hybridized carbons (Fsp3) is 0.381. The van der Waals surface area contributed by atoms with Crippen LogP contribution in [0.4, 0.5) is 11.4 Å². The standard InChI is InChI=1S/C21H25N3O3S/c25-21-8-4-5-13-24(21)19-9-11-20(12-10-19)28(26,27)23-16-14-22(15-17-23)18-6-2-1-3-7-18/h1-3,6-7,9-12H,4-5,8,13-17H2. The van der Waals surface area contributed by atoms with Gasteiger partial charge in [-0.3, -0.25) is 4.79 Å². The first-order valence-electron chi connectivity index (χ1n) is 9.76. The second-order valence-electron chi connectivity index (χ2n) is 7.22. The Kier molecular flexibility index (Phi) is 5.37. The van der Waals surface area contributed by atoms with Gasteiger partial charge in [0.25, 0.3) is 0 Å². The number of hydrogen-bond donors (Lipinski definition) is 0. The number of benzene rings is 2. The highest BCUT2D eigenvalue weighted by molar-refractivity contribution is 7.89. The predicted molar refractivity (Wildman–Crippen MR) is 110 cm³/mol. The van der Waals surface area contributed by atoms with Crippen LogP contribution in [-0.2, 0) is 14.8 Å². The van der Waals surface area contributed by atoms with E-state index in [1.54, 1.807) is 33.5 Å². The van der Waals surface area contributed by atoms with Gasteiger partial charge in [-0.15, -0.1) is 0 Å². The number of piperazine rings is 1. The van der Waals surface area contributed by atoms with Crippen molar-refractivity contribution in [1.82, 2.24) is 4.31 Å². The molecule has 0 atom stereocenters. The Hall–Kier alpha value is -2.38. The molecule has 2 aromatic rings. The van der Waals surface area contributed by atoms with Crippen LogP contribution in [-0.4, -0.2) is 51.4 Å². The number of piperidine rings is 1. The summed E-state index contributed by atoms with van der Waals surface area (Å²) in [5.74, 6) is 0.110. The van der Waals surface area contributed by atoms with E-state index in [0.717, 1.165) is 24.2 Å². The number of para-hydroxylation sites is 1. The third-order valence-electron chi connectivity index (χ3n) is 5.47. The van der Waals surface area contributed by atoms with Gasteiger partial charge in [-0.05, 0) is 49.2 Å². The lowest BCUT2D eigenvalue weighted by atomic mass is 10.1. The van der Waals surface area contributed by atoms with Gasteiger partial charge in [0.05, 0.1) is 4.90 Å². The monoisotopic (exact) mass is 399 g/mol. The van der Waals surface area contributed by atoms with Crippen LogP contribution in [0, 0.1) is 0 Å². The lowest BCUT2D eigenvalue weighted by molar-refractivity contribution is -0.119. The average Bonchev–Trinajstić information content (AvgIpc) is 2.75. The van der Waals surface area contributed by atoms with E-state index >= 15 is 0 Å². The molecule has 0 aliphatic carbocycles. The van der Waals surface area contributed by atoms with Gasteiger partial charge < -0.3 is 9.80 Å². The molecule has 2 saturated heterocycles. The van der Waals surface area contributed by atoms with Crippen molar-refractivity contribution in [3.8, 4) is 0 Å². The van der Waals surface area contributed by atoms with Gasteiger partial charge in [0.1, 0.15) is 0 Å². The van der Waals surface area contributed by atoms with Crippen molar-refractivity contribution in [1.29, 1.82) is 0 Å². The molecule has 6 nitrogen and oxygen atoms in total. The third-order valence-corrected chi connectivity index (χ3v) is 7.38. The molecule has 2 fully saturated rings. The molecule has 0 saturated carbocycles. The Labute approximate surface area is 166 Å². The third kappa shape index (κ3) is 3.77. The van der Waals surface area contributed by atoms with E-state index in [1.807, 2.05) is 30.3 Å². The molecule has 2 aliphatic rings. The molecule has 0 radical (unpaired) electrons. The summed E-state index contributed by atoms with van der Waals surface area (Å²) >= 11 is 0. The minimum atomic E-state index is -3.53. The van der Waals surface area contributed by atoms with Crippen molar-refractivity contribution in [3.05, 3.63) is 54.6 Å². The first-order valence-corrected chi connectivity index (χ1v) is 11.2. The summed E-state index contributed by atoms with van der Waals surface area (Å²) in [7, 11) is -3.53. The number of anilines is 2. The molecule has 0 spiro atoms. The first kappa shape index (κ1) is 19.0. The molecule has 0 bridgehead atoms.